The predicted molar refractivity (Wildman–Crippen MR) is 49.1 cm³/mol. The van der Waals surface area contributed by atoms with Gasteiger partial charge in [0.15, 0.2) is 0 Å². The van der Waals surface area contributed by atoms with Crippen LogP contribution in [0.1, 0.15) is 37.9 Å². The summed E-state index contributed by atoms with van der Waals surface area (Å²) < 4.78 is 1.90. The Kier molecular flexibility index (Phi) is 2.57. The zero-order valence-corrected chi connectivity index (χ0v) is 8.11. The molecule has 0 atom stereocenters. The summed E-state index contributed by atoms with van der Waals surface area (Å²) in [6, 6.07) is 0. The molecular weight excluding hydrogens is 164 g/mol. The van der Waals surface area contributed by atoms with Crippen molar-refractivity contribution in [3.63, 3.8) is 0 Å². The zero-order valence-electron chi connectivity index (χ0n) is 8.11. The smallest absolute Gasteiger partial charge is 0.148 e. The minimum Gasteiger partial charge on any atom is -0.230 e. The highest BCUT2D eigenvalue weighted by atomic mass is 15.5. The SMILES string of the molecule is Cc1nnnn1CCC1CCCC1. The maximum Gasteiger partial charge on any atom is 0.148 e. The van der Waals surface area contributed by atoms with Crippen LogP contribution in [0.5, 0.6) is 0 Å². The number of aryl methyl sites for hydroxylation is 2. The van der Waals surface area contributed by atoms with Crippen LogP contribution in [-0.2, 0) is 6.54 Å². The van der Waals surface area contributed by atoms with Crippen molar-refractivity contribution in [1.82, 2.24) is 20.2 Å². The lowest BCUT2D eigenvalue weighted by Gasteiger charge is -2.07. The lowest BCUT2D eigenvalue weighted by Crippen LogP contribution is -2.06. The van der Waals surface area contributed by atoms with Crippen LogP contribution in [0.2, 0.25) is 0 Å². The Morgan fingerprint density at radius 1 is 1.38 bits per heavy atom. The molecule has 0 spiro atoms. The van der Waals surface area contributed by atoms with Gasteiger partial charge in [0.05, 0.1) is 0 Å². The van der Waals surface area contributed by atoms with Crippen molar-refractivity contribution >= 4 is 0 Å². The van der Waals surface area contributed by atoms with E-state index in [1.54, 1.807) is 0 Å². The normalized spacial score (nSPS) is 18.2. The topological polar surface area (TPSA) is 43.6 Å². The molecule has 0 unspecified atom stereocenters. The molecule has 1 saturated carbocycles. The minimum atomic E-state index is 0.920. The van der Waals surface area contributed by atoms with Gasteiger partial charge in [0.25, 0.3) is 0 Å². The van der Waals surface area contributed by atoms with E-state index in [0.717, 1.165) is 18.3 Å². The molecule has 13 heavy (non-hydrogen) atoms. The van der Waals surface area contributed by atoms with E-state index < -0.39 is 0 Å². The summed E-state index contributed by atoms with van der Waals surface area (Å²) in [6.07, 6.45) is 6.88. The van der Waals surface area contributed by atoms with Gasteiger partial charge >= 0.3 is 0 Å². The Morgan fingerprint density at radius 3 is 2.77 bits per heavy atom. The van der Waals surface area contributed by atoms with Crippen LogP contribution in [0.4, 0.5) is 0 Å². The van der Waals surface area contributed by atoms with Crippen LogP contribution in [0.15, 0.2) is 0 Å². The third-order valence-corrected chi connectivity index (χ3v) is 2.93. The molecule has 0 N–H and O–H groups in total. The Hall–Kier alpha value is -0.930. The van der Waals surface area contributed by atoms with Gasteiger partial charge in [-0.05, 0) is 29.7 Å². The second kappa shape index (κ2) is 3.85. The summed E-state index contributed by atoms with van der Waals surface area (Å²) >= 11 is 0. The summed E-state index contributed by atoms with van der Waals surface area (Å²) in [6.45, 7) is 2.94. The second-order valence-electron chi connectivity index (χ2n) is 3.89. The molecular formula is C9H16N4. The summed E-state index contributed by atoms with van der Waals surface area (Å²) in [5, 5.41) is 11.4. The van der Waals surface area contributed by atoms with Gasteiger partial charge in [-0.15, -0.1) is 5.10 Å². The Labute approximate surface area is 78.3 Å². The van der Waals surface area contributed by atoms with Crippen molar-refractivity contribution in [1.29, 1.82) is 0 Å². The average molecular weight is 180 g/mol. The molecule has 4 heteroatoms. The van der Waals surface area contributed by atoms with Gasteiger partial charge < -0.3 is 0 Å². The van der Waals surface area contributed by atoms with Gasteiger partial charge in [-0.3, -0.25) is 0 Å². The van der Waals surface area contributed by atoms with Crippen molar-refractivity contribution in [3.05, 3.63) is 5.82 Å². The van der Waals surface area contributed by atoms with E-state index in [1.807, 2.05) is 11.6 Å². The highest BCUT2D eigenvalue weighted by Gasteiger charge is 2.15. The molecule has 0 radical (unpaired) electrons. The zero-order chi connectivity index (χ0) is 9.10. The molecule has 0 amide bonds. The van der Waals surface area contributed by atoms with Gasteiger partial charge in [-0.25, -0.2) is 4.68 Å². The number of hydrogen-bond donors (Lipinski definition) is 0. The van der Waals surface area contributed by atoms with Crippen LogP contribution in [0, 0.1) is 12.8 Å². The molecule has 1 aromatic heterocycles. The molecule has 0 bridgehead atoms. The number of rotatable bonds is 3. The Bertz CT molecular complexity index is 262. The lowest BCUT2D eigenvalue weighted by molar-refractivity contribution is 0.430. The van der Waals surface area contributed by atoms with Crippen LogP contribution in [0.3, 0.4) is 0 Å². The predicted octanol–water partition coefficient (Wildman–Crippen LogP) is 1.56. The first-order valence-corrected chi connectivity index (χ1v) is 5.09. The van der Waals surface area contributed by atoms with E-state index >= 15 is 0 Å². The fraction of sp³-hybridized carbons (Fsp3) is 0.889. The van der Waals surface area contributed by atoms with Crippen molar-refractivity contribution in [3.8, 4) is 0 Å². The molecule has 72 valence electrons. The van der Waals surface area contributed by atoms with Gasteiger partial charge in [0.2, 0.25) is 0 Å². The largest absolute Gasteiger partial charge is 0.230 e. The molecule has 0 aromatic carbocycles. The van der Waals surface area contributed by atoms with Gasteiger partial charge in [0.1, 0.15) is 5.82 Å². The first-order chi connectivity index (χ1) is 6.36. The van der Waals surface area contributed by atoms with Crippen LogP contribution in [-0.4, -0.2) is 20.2 Å². The molecule has 0 saturated heterocycles. The molecule has 1 fully saturated rings. The molecule has 0 aliphatic heterocycles. The number of tetrazole rings is 1. The molecule has 1 aromatic rings. The quantitative estimate of drug-likeness (QED) is 0.709. The highest BCUT2D eigenvalue weighted by Crippen LogP contribution is 2.27. The van der Waals surface area contributed by atoms with E-state index in [2.05, 4.69) is 15.5 Å². The number of hydrogen-bond acceptors (Lipinski definition) is 3. The third-order valence-electron chi connectivity index (χ3n) is 2.93. The standard InChI is InChI=1S/C9H16N4/c1-8-10-11-12-13(8)7-6-9-4-2-3-5-9/h9H,2-7H2,1H3. The Morgan fingerprint density at radius 2 is 2.15 bits per heavy atom. The molecule has 1 aliphatic rings. The summed E-state index contributed by atoms with van der Waals surface area (Å²) in [5.74, 6) is 1.85. The summed E-state index contributed by atoms with van der Waals surface area (Å²) in [4.78, 5) is 0. The summed E-state index contributed by atoms with van der Waals surface area (Å²) in [5.41, 5.74) is 0. The van der Waals surface area contributed by atoms with E-state index in [0.29, 0.717) is 0 Å². The molecule has 1 aliphatic carbocycles. The second-order valence-corrected chi connectivity index (χ2v) is 3.89. The van der Waals surface area contributed by atoms with Gasteiger partial charge in [-0.2, -0.15) is 0 Å². The van der Waals surface area contributed by atoms with E-state index in [9.17, 15) is 0 Å². The molecule has 4 nitrogen and oxygen atoms in total. The maximum absolute atomic E-state index is 3.93. The first kappa shape index (κ1) is 8.66. The van der Waals surface area contributed by atoms with Crippen LogP contribution < -0.4 is 0 Å². The maximum atomic E-state index is 3.93. The van der Waals surface area contributed by atoms with Crippen LogP contribution in [0.25, 0.3) is 0 Å². The third kappa shape index (κ3) is 2.05. The molecule has 2 rings (SSSR count). The van der Waals surface area contributed by atoms with Crippen molar-refractivity contribution in [2.24, 2.45) is 5.92 Å². The summed E-state index contributed by atoms with van der Waals surface area (Å²) in [7, 11) is 0. The van der Waals surface area contributed by atoms with E-state index in [-0.39, 0.29) is 0 Å². The van der Waals surface area contributed by atoms with Crippen molar-refractivity contribution < 1.29 is 0 Å². The van der Waals surface area contributed by atoms with Crippen molar-refractivity contribution in [2.75, 3.05) is 0 Å². The fourth-order valence-corrected chi connectivity index (χ4v) is 2.06. The van der Waals surface area contributed by atoms with Gasteiger partial charge in [-0.1, -0.05) is 25.7 Å². The number of nitrogens with zero attached hydrogens (tertiary/aromatic N) is 4. The monoisotopic (exact) mass is 180 g/mol. The van der Waals surface area contributed by atoms with Crippen LogP contribution >= 0.6 is 0 Å². The average Bonchev–Trinajstić information content (AvgIpc) is 2.72. The molecule has 1 heterocycles. The van der Waals surface area contributed by atoms with E-state index in [4.69, 9.17) is 0 Å². The lowest BCUT2D eigenvalue weighted by atomic mass is 10.0. The minimum absolute atomic E-state index is 0.920. The first-order valence-electron chi connectivity index (χ1n) is 5.09. The highest BCUT2D eigenvalue weighted by molar-refractivity contribution is 4.74. The fourth-order valence-electron chi connectivity index (χ4n) is 2.06. The van der Waals surface area contributed by atoms with Gasteiger partial charge in [0, 0.05) is 6.54 Å². The van der Waals surface area contributed by atoms with Crippen molar-refractivity contribution in [2.45, 2.75) is 45.6 Å². The Balaban J connectivity index is 1.82. The number of aromatic nitrogens is 4. The van der Waals surface area contributed by atoms with E-state index in [1.165, 1.54) is 32.1 Å².